The Morgan fingerprint density at radius 3 is 2.75 bits per heavy atom. The standard InChI is InChI=1S/C11H19N3O2/c1-4-8(6-12)11(15)10-9(16-3)7-13-14(10)5-2/h7-8H,4-6,12H2,1-3H3. The van der Waals surface area contributed by atoms with E-state index in [2.05, 4.69) is 5.10 Å². The lowest BCUT2D eigenvalue weighted by Gasteiger charge is -2.12. The first-order chi connectivity index (χ1) is 7.69. The molecule has 0 bridgehead atoms. The maximum absolute atomic E-state index is 12.2. The lowest BCUT2D eigenvalue weighted by Crippen LogP contribution is -2.25. The number of ether oxygens (including phenoxy) is 1. The number of methoxy groups -OCH3 is 1. The summed E-state index contributed by atoms with van der Waals surface area (Å²) >= 11 is 0. The molecule has 0 aliphatic heterocycles. The summed E-state index contributed by atoms with van der Waals surface area (Å²) in [6.07, 6.45) is 2.30. The molecule has 0 aliphatic carbocycles. The van der Waals surface area contributed by atoms with E-state index in [9.17, 15) is 4.79 Å². The number of ketones is 1. The van der Waals surface area contributed by atoms with Gasteiger partial charge in [0.05, 0.1) is 13.3 Å². The van der Waals surface area contributed by atoms with Crippen LogP contribution in [-0.4, -0.2) is 29.2 Å². The normalized spacial score (nSPS) is 12.5. The summed E-state index contributed by atoms with van der Waals surface area (Å²) in [5.41, 5.74) is 6.11. The van der Waals surface area contributed by atoms with Gasteiger partial charge in [0, 0.05) is 19.0 Å². The number of carbonyl (C=O) groups is 1. The Hall–Kier alpha value is -1.36. The smallest absolute Gasteiger partial charge is 0.188 e. The highest BCUT2D eigenvalue weighted by atomic mass is 16.5. The van der Waals surface area contributed by atoms with E-state index >= 15 is 0 Å². The molecule has 2 N–H and O–H groups in total. The van der Waals surface area contributed by atoms with Crippen molar-refractivity contribution in [1.82, 2.24) is 9.78 Å². The maximum Gasteiger partial charge on any atom is 0.188 e. The van der Waals surface area contributed by atoms with Crippen molar-refractivity contribution in [1.29, 1.82) is 0 Å². The van der Waals surface area contributed by atoms with E-state index in [1.807, 2.05) is 13.8 Å². The Morgan fingerprint density at radius 2 is 2.31 bits per heavy atom. The Bertz CT molecular complexity index is 335. The molecule has 1 aromatic heterocycles. The van der Waals surface area contributed by atoms with Crippen molar-refractivity contribution < 1.29 is 9.53 Å². The van der Waals surface area contributed by atoms with Crippen molar-refractivity contribution in [2.75, 3.05) is 13.7 Å². The van der Waals surface area contributed by atoms with E-state index in [-0.39, 0.29) is 11.7 Å². The second-order valence-electron chi connectivity index (χ2n) is 3.58. The molecule has 5 heteroatoms. The minimum absolute atomic E-state index is 0.0150. The molecule has 0 aliphatic rings. The van der Waals surface area contributed by atoms with Crippen molar-refractivity contribution in [3.63, 3.8) is 0 Å². The van der Waals surface area contributed by atoms with Crippen LogP contribution in [0.3, 0.4) is 0 Å². The molecule has 0 saturated heterocycles. The van der Waals surface area contributed by atoms with E-state index < -0.39 is 0 Å². The second-order valence-corrected chi connectivity index (χ2v) is 3.58. The third-order valence-corrected chi connectivity index (χ3v) is 2.71. The molecule has 16 heavy (non-hydrogen) atoms. The zero-order valence-corrected chi connectivity index (χ0v) is 10.1. The van der Waals surface area contributed by atoms with Crippen LogP contribution >= 0.6 is 0 Å². The highest BCUT2D eigenvalue weighted by molar-refractivity contribution is 5.98. The number of Topliss-reactive ketones (excluding diaryl/α,β-unsaturated/α-hetero) is 1. The van der Waals surface area contributed by atoms with Crippen molar-refractivity contribution in [3.05, 3.63) is 11.9 Å². The fraction of sp³-hybridized carbons (Fsp3) is 0.636. The van der Waals surface area contributed by atoms with Crippen LogP contribution in [0, 0.1) is 5.92 Å². The van der Waals surface area contributed by atoms with Crippen LogP contribution in [0.1, 0.15) is 30.8 Å². The van der Waals surface area contributed by atoms with Gasteiger partial charge in [-0.1, -0.05) is 6.92 Å². The molecular formula is C11H19N3O2. The topological polar surface area (TPSA) is 70.1 Å². The van der Waals surface area contributed by atoms with E-state index in [1.165, 1.54) is 7.11 Å². The van der Waals surface area contributed by atoms with E-state index in [0.29, 0.717) is 24.5 Å². The number of carbonyl (C=O) groups excluding carboxylic acids is 1. The molecule has 1 heterocycles. The third kappa shape index (κ3) is 2.24. The van der Waals surface area contributed by atoms with Gasteiger partial charge < -0.3 is 10.5 Å². The minimum atomic E-state index is -0.157. The molecule has 5 nitrogen and oxygen atoms in total. The second kappa shape index (κ2) is 5.65. The fourth-order valence-electron chi connectivity index (χ4n) is 1.66. The Morgan fingerprint density at radius 1 is 1.62 bits per heavy atom. The maximum atomic E-state index is 12.2. The molecule has 90 valence electrons. The van der Waals surface area contributed by atoms with Crippen LogP contribution < -0.4 is 10.5 Å². The number of nitrogens with two attached hydrogens (primary N) is 1. The molecule has 1 unspecified atom stereocenters. The molecule has 0 radical (unpaired) electrons. The van der Waals surface area contributed by atoms with Gasteiger partial charge in [0.25, 0.3) is 0 Å². The van der Waals surface area contributed by atoms with Crippen molar-refractivity contribution >= 4 is 5.78 Å². The van der Waals surface area contributed by atoms with Crippen molar-refractivity contribution in [2.45, 2.75) is 26.8 Å². The predicted molar refractivity (Wildman–Crippen MR) is 61.6 cm³/mol. The SMILES string of the molecule is CCC(CN)C(=O)c1c(OC)cnn1CC. The fourth-order valence-corrected chi connectivity index (χ4v) is 1.66. The van der Waals surface area contributed by atoms with Gasteiger partial charge >= 0.3 is 0 Å². The van der Waals surface area contributed by atoms with Crippen LogP contribution in [0.15, 0.2) is 6.20 Å². The molecule has 1 aromatic rings. The molecule has 0 spiro atoms. The molecular weight excluding hydrogens is 206 g/mol. The summed E-state index contributed by atoms with van der Waals surface area (Å²) in [5, 5.41) is 4.11. The number of aryl methyl sites for hydroxylation is 1. The van der Waals surface area contributed by atoms with Gasteiger partial charge in [-0.3, -0.25) is 9.48 Å². The number of rotatable bonds is 6. The van der Waals surface area contributed by atoms with E-state index in [4.69, 9.17) is 10.5 Å². The highest BCUT2D eigenvalue weighted by Gasteiger charge is 2.24. The zero-order valence-electron chi connectivity index (χ0n) is 10.1. The van der Waals surface area contributed by atoms with Crippen LogP contribution in [0.5, 0.6) is 5.75 Å². The number of aromatic nitrogens is 2. The van der Waals surface area contributed by atoms with Gasteiger partial charge in [-0.2, -0.15) is 5.10 Å². The average Bonchev–Trinajstić information content (AvgIpc) is 2.72. The van der Waals surface area contributed by atoms with Gasteiger partial charge in [-0.05, 0) is 13.3 Å². The highest BCUT2D eigenvalue weighted by Crippen LogP contribution is 2.22. The van der Waals surface area contributed by atoms with Gasteiger partial charge in [-0.15, -0.1) is 0 Å². The zero-order chi connectivity index (χ0) is 12.1. The third-order valence-electron chi connectivity index (χ3n) is 2.71. The Balaban J connectivity index is 3.09. The van der Waals surface area contributed by atoms with E-state index in [0.717, 1.165) is 6.42 Å². The largest absolute Gasteiger partial charge is 0.493 e. The lowest BCUT2D eigenvalue weighted by molar-refractivity contribution is 0.0907. The van der Waals surface area contributed by atoms with Gasteiger partial charge in [-0.25, -0.2) is 0 Å². The first kappa shape index (κ1) is 12.7. The first-order valence-corrected chi connectivity index (χ1v) is 5.53. The Labute approximate surface area is 95.6 Å². The Kier molecular flexibility index (Phi) is 4.49. The monoisotopic (exact) mass is 225 g/mol. The summed E-state index contributed by atoms with van der Waals surface area (Å²) in [6, 6.07) is 0. The predicted octanol–water partition coefficient (Wildman–Crippen LogP) is 1.08. The number of hydrogen-bond acceptors (Lipinski definition) is 4. The summed E-state index contributed by atoms with van der Waals surface area (Å²) < 4.78 is 6.80. The van der Waals surface area contributed by atoms with Crippen LogP contribution in [0.4, 0.5) is 0 Å². The first-order valence-electron chi connectivity index (χ1n) is 5.53. The molecule has 0 fully saturated rings. The van der Waals surface area contributed by atoms with E-state index in [1.54, 1.807) is 10.9 Å². The number of nitrogens with zero attached hydrogens (tertiary/aromatic N) is 2. The molecule has 0 aromatic carbocycles. The molecule has 1 rings (SSSR count). The van der Waals surface area contributed by atoms with Crippen molar-refractivity contribution in [3.8, 4) is 5.75 Å². The van der Waals surface area contributed by atoms with Gasteiger partial charge in [0.15, 0.2) is 11.5 Å². The number of hydrogen-bond donors (Lipinski definition) is 1. The molecule has 1 atom stereocenters. The lowest BCUT2D eigenvalue weighted by atomic mass is 9.98. The van der Waals surface area contributed by atoms with Crippen molar-refractivity contribution in [2.24, 2.45) is 11.7 Å². The van der Waals surface area contributed by atoms with Crippen LogP contribution in [-0.2, 0) is 6.54 Å². The average molecular weight is 225 g/mol. The molecule has 0 saturated carbocycles. The minimum Gasteiger partial charge on any atom is -0.493 e. The quantitative estimate of drug-likeness (QED) is 0.735. The summed E-state index contributed by atoms with van der Waals surface area (Å²) in [7, 11) is 1.54. The van der Waals surface area contributed by atoms with Crippen LogP contribution in [0.2, 0.25) is 0 Å². The molecule has 0 amide bonds. The van der Waals surface area contributed by atoms with Gasteiger partial charge in [0.2, 0.25) is 0 Å². The van der Waals surface area contributed by atoms with Gasteiger partial charge in [0.1, 0.15) is 5.69 Å². The summed E-state index contributed by atoms with van der Waals surface area (Å²) in [4.78, 5) is 12.2. The summed E-state index contributed by atoms with van der Waals surface area (Å²) in [5.74, 6) is 0.385. The summed E-state index contributed by atoms with van der Waals surface area (Å²) in [6.45, 7) is 4.89. The van der Waals surface area contributed by atoms with Crippen LogP contribution in [0.25, 0.3) is 0 Å².